The van der Waals surface area contributed by atoms with Crippen LogP contribution in [0.4, 0.5) is 4.79 Å². The number of hydrogen-bond donors (Lipinski definition) is 1. The van der Waals surface area contributed by atoms with Gasteiger partial charge in [-0.05, 0) is 20.8 Å². The lowest BCUT2D eigenvalue weighted by Gasteiger charge is -2.19. The molecule has 17 heavy (non-hydrogen) atoms. The van der Waals surface area contributed by atoms with Gasteiger partial charge in [0.2, 0.25) is 0 Å². The lowest BCUT2D eigenvalue weighted by atomic mass is 10.2. The molecule has 100 valence electrons. The molecule has 0 bridgehead atoms. The number of alkyl carbamates (subject to hydrolysis) is 1. The van der Waals surface area contributed by atoms with Crippen LogP contribution in [0.2, 0.25) is 0 Å². The summed E-state index contributed by atoms with van der Waals surface area (Å²) in [4.78, 5) is 21.7. The minimum Gasteiger partial charge on any atom is -0.466 e. The molecule has 0 aliphatic carbocycles. The van der Waals surface area contributed by atoms with Crippen LogP contribution in [0.3, 0.4) is 0 Å². The maximum Gasteiger partial charge on any atom is 0.407 e. The van der Waals surface area contributed by atoms with Gasteiger partial charge >= 0.3 is 12.1 Å². The van der Waals surface area contributed by atoms with Crippen LogP contribution in [0.5, 0.6) is 0 Å². The number of ether oxygens (including phenoxy) is 2. The zero-order valence-corrected chi connectivity index (χ0v) is 11.5. The Labute approximate surface area is 103 Å². The molecule has 1 amide bonds. The van der Waals surface area contributed by atoms with Gasteiger partial charge in [-0.2, -0.15) is 0 Å². The lowest BCUT2D eigenvalue weighted by molar-refractivity contribution is -0.134. The first-order chi connectivity index (χ1) is 7.85. The van der Waals surface area contributed by atoms with Crippen LogP contribution < -0.4 is 5.32 Å². The fourth-order valence-corrected chi connectivity index (χ4v) is 0.680. The highest BCUT2D eigenvalue weighted by atomic mass is 16.6. The second-order valence-electron chi connectivity index (χ2n) is 3.81. The summed E-state index contributed by atoms with van der Waals surface area (Å²) >= 11 is 0. The topological polar surface area (TPSA) is 64.6 Å². The maximum absolute atomic E-state index is 11.1. The van der Waals surface area contributed by atoms with E-state index in [4.69, 9.17) is 4.74 Å². The number of carbonyl (C=O) groups is 2. The Kier molecular flexibility index (Phi) is 10.2. The Morgan fingerprint density at radius 2 is 1.76 bits per heavy atom. The molecule has 0 radical (unpaired) electrons. The van der Waals surface area contributed by atoms with E-state index in [0.717, 1.165) is 0 Å². The van der Waals surface area contributed by atoms with Crippen LogP contribution in [0.25, 0.3) is 0 Å². The third kappa shape index (κ3) is 14.5. The van der Waals surface area contributed by atoms with Gasteiger partial charge in [0, 0.05) is 12.6 Å². The van der Waals surface area contributed by atoms with Gasteiger partial charge in [-0.15, -0.1) is 0 Å². The van der Waals surface area contributed by atoms with Crippen molar-refractivity contribution in [1.29, 1.82) is 0 Å². The van der Waals surface area contributed by atoms with Crippen LogP contribution in [-0.2, 0) is 14.3 Å². The van der Waals surface area contributed by atoms with Crippen molar-refractivity contribution in [1.82, 2.24) is 5.32 Å². The van der Waals surface area contributed by atoms with Gasteiger partial charge < -0.3 is 14.8 Å². The zero-order valence-electron chi connectivity index (χ0n) is 11.5. The van der Waals surface area contributed by atoms with Gasteiger partial charge in [-0.3, -0.25) is 0 Å². The zero-order chi connectivity index (χ0) is 13.9. The Morgan fingerprint density at radius 3 is 2.18 bits per heavy atom. The molecule has 0 atom stereocenters. The summed E-state index contributed by atoms with van der Waals surface area (Å²) in [6.07, 6.45) is 2.20. The average molecular weight is 245 g/mol. The second kappa shape index (κ2) is 9.69. The summed E-state index contributed by atoms with van der Waals surface area (Å²) in [5.74, 6) is -0.457. The van der Waals surface area contributed by atoms with E-state index in [2.05, 4.69) is 10.1 Å². The molecule has 0 aromatic heterocycles. The van der Waals surface area contributed by atoms with E-state index in [1.807, 2.05) is 13.8 Å². The minimum atomic E-state index is -0.518. The van der Waals surface area contributed by atoms with Crippen LogP contribution in [0.1, 0.15) is 34.6 Å². The van der Waals surface area contributed by atoms with E-state index in [9.17, 15) is 9.59 Å². The number of methoxy groups -OCH3 is 1. The van der Waals surface area contributed by atoms with Crippen LogP contribution in [0, 0.1) is 0 Å². The van der Waals surface area contributed by atoms with Crippen molar-refractivity contribution in [3.05, 3.63) is 12.2 Å². The number of carbonyl (C=O) groups excluding carboxylic acids is 2. The fraction of sp³-hybridized carbons (Fsp3) is 0.667. The van der Waals surface area contributed by atoms with Crippen LogP contribution in [-0.4, -0.2) is 31.3 Å². The van der Waals surface area contributed by atoms with E-state index < -0.39 is 17.7 Å². The Hall–Kier alpha value is -1.52. The molecule has 0 heterocycles. The standard InChI is InChI=1S/C10H17NO4.C2H6/c1-10(2,3)15-9(13)11-7-5-6-8(12)14-4;1-2/h5-6H,7H2,1-4H3,(H,11,13);1-2H3/b6-5+;. The molecule has 1 N–H and O–H groups in total. The molecular weight excluding hydrogens is 222 g/mol. The fourth-order valence-electron chi connectivity index (χ4n) is 0.680. The molecule has 0 saturated heterocycles. The Balaban J connectivity index is 0. The van der Waals surface area contributed by atoms with E-state index in [-0.39, 0.29) is 6.54 Å². The quantitative estimate of drug-likeness (QED) is 0.612. The molecule has 0 rings (SSSR count). The monoisotopic (exact) mass is 245 g/mol. The summed E-state index contributed by atoms with van der Waals surface area (Å²) < 4.78 is 9.34. The van der Waals surface area contributed by atoms with E-state index in [1.54, 1.807) is 20.8 Å². The van der Waals surface area contributed by atoms with Crippen molar-refractivity contribution in [2.45, 2.75) is 40.2 Å². The smallest absolute Gasteiger partial charge is 0.407 e. The van der Waals surface area contributed by atoms with Crippen molar-refractivity contribution in [3.8, 4) is 0 Å². The molecule has 0 aromatic carbocycles. The summed E-state index contributed by atoms with van der Waals surface area (Å²) in [7, 11) is 1.29. The molecule has 5 heteroatoms. The first kappa shape index (κ1) is 17.9. The molecular formula is C12H23NO4. The summed E-state index contributed by atoms with van der Waals surface area (Å²) in [5.41, 5.74) is -0.518. The van der Waals surface area contributed by atoms with E-state index >= 15 is 0 Å². The lowest BCUT2D eigenvalue weighted by Crippen LogP contribution is -2.32. The second-order valence-corrected chi connectivity index (χ2v) is 3.81. The normalized spacial score (nSPS) is 10.2. The number of rotatable bonds is 3. The van der Waals surface area contributed by atoms with Gasteiger partial charge in [0.1, 0.15) is 5.60 Å². The van der Waals surface area contributed by atoms with Gasteiger partial charge in [-0.1, -0.05) is 19.9 Å². The highest BCUT2D eigenvalue weighted by Crippen LogP contribution is 2.05. The van der Waals surface area contributed by atoms with Crippen molar-refractivity contribution in [3.63, 3.8) is 0 Å². The van der Waals surface area contributed by atoms with Crippen molar-refractivity contribution in [2.24, 2.45) is 0 Å². The Bertz CT molecular complexity index is 254. The Morgan fingerprint density at radius 1 is 1.24 bits per heavy atom. The van der Waals surface area contributed by atoms with Crippen LogP contribution >= 0.6 is 0 Å². The highest BCUT2D eigenvalue weighted by Gasteiger charge is 2.14. The van der Waals surface area contributed by atoms with Crippen molar-refractivity contribution >= 4 is 12.1 Å². The average Bonchev–Trinajstić information content (AvgIpc) is 2.24. The molecule has 0 fully saturated rings. The highest BCUT2D eigenvalue weighted by molar-refractivity contribution is 5.81. The minimum absolute atomic E-state index is 0.226. The predicted octanol–water partition coefficient (Wildman–Crippen LogP) is 2.27. The van der Waals surface area contributed by atoms with Gasteiger partial charge in [0.15, 0.2) is 0 Å². The predicted molar refractivity (Wildman–Crippen MR) is 66.7 cm³/mol. The molecule has 0 spiro atoms. The van der Waals surface area contributed by atoms with E-state index in [0.29, 0.717) is 0 Å². The van der Waals surface area contributed by atoms with Crippen LogP contribution in [0.15, 0.2) is 12.2 Å². The van der Waals surface area contributed by atoms with Gasteiger partial charge in [0.05, 0.1) is 7.11 Å². The third-order valence-corrected chi connectivity index (χ3v) is 1.22. The van der Waals surface area contributed by atoms with Gasteiger partial charge in [-0.25, -0.2) is 9.59 Å². The summed E-state index contributed by atoms with van der Waals surface area (Å²) in [6.45, 7) is 9.55. The largest absolute Gasteiger partial charge is 0.466 e. The van der Waals surface area contributed by atoms with Crippen molar-refractivity contribution < 1.29 is 19.1 Å². The summed E-state index contributed by atoms with van der Waals surface area (Å²) in [6, 6.07) is 0. The number of amides is 1. The molecule has 0 saturated carbocycles. The van der Waals surface area contributed by atoms with Crippen molar-refractivity contribution in [2.75, 3.05) is 13.7 Å². The van der Waals surface area contributed by atoms with E-state index in [1.165, 1.54) is 19.3 Å². The molecule has 5 nitrogen and oxygen atoms in total. The first-order valence-corrected chi connectivity index (χ1v) is 5.56. The molecule has 0 aromatic rings. The molecule has 0 aliphatic rings. The number of esters is 1. The van der Waals surface area contributed by atoms with Gasteiger partial charge in [0.25, 0.3) is 0 Å². The molecule has 0 aliphatic heterocycles. The maximum atomic E-state index is 11.1. The SMILES string of the molecule is CC.COC(=O)/C=C/CNC(=O)OC(C)(C)C. The number of hydrogen-bond acceptors (Lipinski definition) is 4. The molecule has 0 unspecified atom stereocenters. The third-order valence-electron chi connectivity index (χ3n) is 1.22. The first-order valence-electron chi connectivity index (χ1n) is 5.56. The number of nitrogens with one attached hydrogen (secondary N) is 1. The summed E-state index contributed by atoms with van der Waals surface area (Å²) in [5, 5.41) is 2.46.